The van der Waals surface area contributed by atoms with Gasteiger partial charge in [-0.1, -0.05) is 0 Å². The molecule has 15 heavy (non-hydrogen) atoms. The Bertz CT molecular complexity index is 200. The zero-order valence-corrected chi connectivity index (χ0v) is 9.56. The fraction of sp³-hybridized carbons (Fsp3) is 1.00. The van der Waals surface area contributed by atoms with Crippen LogP contribution in [-0.4, -0.2) is 61.7 Å². The van der Waals surface area contributed by atoms with Gasteiger partial charge in [0.15, 0.2) is 0 Å². The maximum Gasteiger partial charge on any atom is 0.0971 e. The predicted molar refractivity (Wildman–Crippen MR) is 56.8 cm³/mol. The summed E-state index contributed by atoms with van der Waals surface area (Å²) < 4.78 is 10.8. The first-order valence-electron chi connectivity index (χ1n) is 5.74. The summed E-state index contributed by atoms with van der Waals surface area (Å²) in [7, 11) is 3.45. The molecule has 1 aliphatic carbocycles. The van der Waals surface area contributed by atoms with Gasteiger partial charge >= 0.3 is 0 Å². The number of aliphatic hydroxyl groups is 1. The van der Waals surface area contributed by atoms with Gasteiger partial charge in [0, 0.05) is 33.4 Å². The molecule has 0 amide bonds. The molecule has 88 valence electrons. The summed E-state index contributed by atoms with van der Waals surface area (Å²) in [6.07, 6.45) is 3.34. The summed E-state index contributed by atoms with van der Waals surface area (Å²) in [6.45, 7) is 1.77. The average molecular weight is 215 g/mol. The lowest BCUT2D eigenvalue weighted by Crippen LogP contribution is -2.39. The SMILES string of the molecule is COC1CN(C2CCCC2O)CC1OC. The lowest BCUT2D eigenvalue weighted by Gasteiger charge is -2.26. The summed E-state index contributed by atoms with van der Waals surface area (Å²) in [4.78, 5) is 2.32. The number of nitrogens with zero attached hydrogens (tertiary/aromatic N) is 1. The number of aliphatic hydroxyl groups excluding tert-OH is 1. The van der Waals surface area contributed by atoms with Crippen LogP contribution >= 0.6 is 0 Å². The number of hydrogen-bond acceptors (Lipinski definition) is 4. The van der Waals surface area contributed by atoms with Crippen LogP contribution in [0, 0.1) is 0 Å². The predicted octanol–water partition coefficient (Wildman–Crippen LogP) is 0.245. The van der Waals surface area contributed by atoms with Gasteiger partial charge in [0.05, 0.1) is 18.3 Å². The van der Waals surface area contributed by atoms with Crippen LogP contribution in [0.4, 0.5) is 0 Å². The van der Waals surface area contributed by atoms with E-state index in [1.807, 2.05) is 0 Å². The normalized spacial score (nSPS) is 42.6. The summed E-state index contributed by atoms with van der Waals surface area (Å²) in [5.74, 6) is 0. The lowest BCUT2D eigenvalue weighted by molar-refractivity contribution is -0.00461. The van der Waals surface area contributed by atoms with Gasteiger partial charge in [0.2, 0.25) is 0 Å². The summed E-state index contributed by atoms with van der Waals surface area (Å²) in [6, 6.07) is 0.322. The molecule has 1 aliphatic heterocycles. The number of methoxy groups -OCH3 is 2. The standard InChI is InChI=1S/C11H21NO3/c1-14-10-6-12(7-11(10)15-2)8-4-3-5-9(8)13/h8-11,13H,3-7H2,1-2H3. The summed E-state index contributed by atoms with van der Waals surface area (Å²) in [5.41, 5.74) is 0. The van der Waals surface area contributed by atoms with E-state index in [2.05, 4.69) is 4.90 Å². The van der Waals surface area contributed by atoms with Crippen molar-refractivity contribution in [2.75, 3.05) is 27.3 Å². The maximum atomic E-state index is 9.84. The Morgan fingerprint density at radius 1 is 1.07 bits per heavy atom. The molecule has 1 saturated carbocycles. The minimum absolute atomic E-state index is 0.155. The quantitative estimate of drug-likeness (QED) is 0.732. The third-order valence-electron chi connectivity index (χ3n) is 3.76. The van der Waals surface area contributed by atoms with Crippen LogP contribution in [0.1, 0.15) is 19.3 Å². The zero-order valence-electron chi connectivity index (χ0n) is 9.56. The van der Waals surface area contributed by atoms with Crippen molar-refractivity contribution in [3.05, 3.63) is 0 Å². The van der Waals surface area contributed by atoms with Crippen molar-refractivity contribution < 1.29 is 14.6 Å². The second kappa shape index (κ2) is 4.78. The van der Waals surface area contributed by atoms with E-state index in [9.17, 15) is 5.11 Å². The molecule has 0 aromatic carbocycles. The van der Waals surface area contributed by atoms with E-state index in [0.29, 0.717) is 6.04 Å². The monoisotopic (exact) mass is 215 g/mol. The fourth-order valence-corrected chi connectivity index (χ4v) is 2.84. The van der Waals surface area contributed by atoms with E-state index in [1.165, 1.54) is 0 Å². The van der Waals surface area contributed by atoms with Gasteiger partial charge in [-0.3, -0.25) is 4.90 Å². The molecule has 4 atom stereocenters. The number of hydrogen-bond donors (Lipinski definition) is 1. The highest BCUT2D eigenvalue weighted by Gasteiger charge is 2.40. The Balaban J connectivity index is 1.95. The largest absolute Gasteiger partial charge is 0.391 e. The van der Waals surface area contributed by atoms with Crippen LogP contribution in [-0.2, 0) is 9.47 Å². The van der Waals surface area contributed by atoms with E-state index in [0.717, 1.165) is 32.4 Å². The van der Waals surface area contributed by atoms with Crippen LogP contribution in [0.25, 0.3) is 0 Å². The first kappa shape index (κ1) is 11.3. The minimum atomic E-state index is -0.155. The third kappa shape index (κ3) is 2.18. The van der Waals surface area contributed by atoms with Crippen LogP contribution in [0.2, 0.25) is 0 Å². The Labute approximate surface area is 91.2 Å². The van der Waals surface area contributed by atoms with Gasteiger partial charge in [-0.05, 0) is 19.3 Å². The highest BCUT2D eigenvalue weighted by molar-refractivity contribution is 4.94. The van der Waals surface area contributed by atoms with E-state index in [-0.39, 0.29) is 18.3 Å². The Morgan fingerprint density at radius 3 is 2.07 bits per heavy atom. The highest BCUT2D eigenvalue weighted by atomic mass is 16.5. The number of ether oxygens (including phenoxy) is 2. The van der Waals surface area contributed by atoms with Crippen molar-refractivity contribution in [1.29, 1.82) is 0 Å². The molecule has 4 unspecified atom stereocenters. The Hall–Kier alpha value is -0.160. The minimum Gasteiger partial charge on any atom is -0.391 e. The van der Waals surface area contributed by atoms with Gasteiger partial charge in [0.1, 0.15) is 0 Å². The van der Waals surface area contributed by atoms with Gasteiger partial charge in [-0.2, -0.15) is 0 Å². The van der Waals surface area contributed by atoms with Crippen molar-refractivity contribution in [1.82, 2.24) is 4.90 Å². The molecular weight excluding hydrogens is 194 g/mol. The van der Waals surface area contributed by atoms with Crippen molar-refractivity contribution in [2.45, 2.75) is 43.6 Å². The highest BCUT2D eigenvalue weighted by Crippen LogP contribution is 2.28. The van der Waals surface area contributed by atoms with Crippen molar-refractivity contribution in [2.24, 2.45) is 0 Å². The van der Waals surface area contributed by atoms with E-state index >= 15 is 0 Å². The smallest absolute Gasteiger partial charge is 0.0971 e. The molecular formula is C11H21NO3. The first-order chi connectivity index (χ1) is 7.26. The Kier molecular flexibility index (Phi) is 3.61. The van der Waals surface area contributed by atoms with Crippen LogP contribution in [0.5, 0.6) is 0 Å². The van der Waals surface area contributed by atoms with Crippen LogP contribution < -0.4 is 0 Å². The summed E-state index contributed by atoms with van der Waals surface area (Å²) in [5, 5.41) is 9.84. The second-order valence-electron chi connectivity index (χ2n) is 4.57. The van der Waals surface area contributed by atoms with Gasteiger partial charge in [-0.25, -0.2) is 0 Å². The summed E-state index contributed by atoms with van der Waals surface area (Å²) >= 11 is 0. The second-order valence-corrected chi connectivity index (χ2v) is 4.57. The molecule has 2 rings (SSSR count). The number of likely N-dealkylation sites (tertiary alicyclic amines) is 1. The van der Waals surface area contributed by atoms with Crippen molar-refractivity contribution in [3.8, 4) is 0 Å². The molecule has 1 saturated heterocycles. The van der Waals surface area contributed by atoms with Gasteiger partial charge in [-0.15, -0.1) is 0 Å². The lowest BCUT2D eigenvalue weighted by atomic mass is 10.2. The third-order valence-corrected chi connectivity index (χ3v) is 3.76. The fourth-order valence-electron chi connectivity index (χ4n) is 2.84. The van der Waals surface area contributed by atoms with Gasteiger partial charge in [0.25, 0.3) is 0 Å². The van der Waals surface area contributed by atoms with E-state index < -0.39 is 0 Å². The number of rotatable bonds is 3. The molecule has 0 aromatic rings. The van der Waals surface area contributed by atoms with E-state index in [1.54, 1.807) is 14.2 Å². The topological polar surface area (TPSA) is 41.9 Å². The molecule has 1 N–H and O–H groups in total. The van der Waals surface area contributed by atoms with E-state index in [4.69, 9.17) is 9.47 Å². The molecule has 1 heterocycles. The molecule has 0 bridgehead atoms. The van der Waals surface area contributed by atoms with Gasteiger partial charge < -0.3 is 14.6 Å². The first-order valence-corrected chi connectivity index (χ1v) is 5.74. The molecule has 4 heteroatoms. The Morgan fingerprint density at radius 2 is 1.67 bits per heavy atom. The molecule has 4 nitrogen and oxygen atoms in total. The van der Waals surface area contributed by atoms with Crippen LogP contribution in [0.3, 0.4) is 0 Å². The van der Waals surface area contributed by atoms with Crippen LogP contribution in [0.15, 0.2) is 0 Å². The molecule has 2 fully saturated rings. The van der Waals surface area contributed by atoms with Crippen molar-refractivity contribution >= 4 is 0 Å². The molecule has 0 aromatic heterocycles. The molecule has 2 aliphatic rings. The zero-order chi connectivity index (χ0) is 10.8. The molecule has 0 radical (unpaired) electrons. The molecule has 0 spiro atoms. The average Bonchev–Trinajstić information content (AvgIpc) is 2.82. The van der Waals surface area contributed by atoms with Crippen molar-refractivity contribution in [3.63, 3.8) is 0 Å². The maximum absolute atomic E-state index is 9.84.